The lowest BCUT2D eigenvalue weighted by molar-refractivity contribution is -0.134. The third-order valence-electron chi connectivity index (χ3n) is 4.21. The molecule has 1 aliphatic heterocycles. The molecule has 134 valence electrons. The molecule has 1 saturated heterocycles. The molecule has 2 aromatic rings. The van der Waals surface area contributed by atoms with Gasteiger partial charge in [0.05, 0.1) is 0 Å². The van der Waals surface area contributed by atoms with E-state index in [2.05, 4.69) is 15.6 Å². The molecule has 0 saturated carbocycles. The van der Waals surface area contributed by atoms with Crippen molar-refractivity contribution in [1.29, 1.82) is 0 Å². The van der Waals surface area contributed by atoms with Crippen LogP contribution in [0.2, 0.25) is 0 Å². The van der Waals surface area contributed by atoms with Crippen molar-refractivity contribution in [1.82, 2.24) is 20.5 Å². The highest BCUT2D eigenvalue weighted by Gasteiger charge is 2.49. The molecule has 0 bridgehead atoms. The zero-order chi connectivity index (χ0) is 18.7. The summed E-state index contributed by atoms with van der Waals surface area (Å²) in [5.74, 6) is -1.48. The second-order valence-corrected chi connectivity index (χ2v) is 6.09. The highest BCUT2D eigenvalue weighted by molar-refractivity contribution is 6.09. The van der Waals surface area contributed by atoms with Gasteiger partial charge in [0.25, 0.3) is 5.91 Å². The number of nitrogens with one attached hydrogen (secondary N) is 2. The summed E-state index contributed by atoms with van der Waals surface area (Å²) >= 11 is 0. The van der Waals surface area contributed by atoms with Crippen LogP contribution in [0.25, 0.3) is 0 Å². The fourth-order valence-electron chi connectivity index (χ4n) is 2.72. The first-order chi connectivity index (χ1) is 12.4. The highest BCUT2D eigenvalue weighted by Crippen LogP contribution is 2.28. The second kappa shape index (κ2) is 6.91. The lowest BCUT2D eigenvalue weighted by Crippen LogP contribution is -2.43. The van der Waals surface area contributed by atoms with Crippen molar-refractivity contribution < 1.29 is 18.8 Å². The minimum absolute atomic E-state index is 0.242. The molecule has 2 heterocycles. The lowest BCUT2D eigenvalue weighted by Gasteiger charge is -2.22. The number of carbonyl (C=O) groups is 3. The Hall–Kier alpha value is -3.29. The molecular weight excluding hydrogens is 339 g/mol. The number of amides is 4. The number of urea groups is 1. The average Bonchev–Trinajstić information content (AvgIpc) is 2.85. The van der Waals surface area contributed by atoms with Gasteiger partial charge < -0.3 is 10.6 Å². The van der Waals surface area contributed by atoms with Gasteiger partial charge >= 0.3 is 6.03 Å². The van der Waals surface area contributed by atoms with Gasteiger partial charge in [-0.3, -0.25) is 19.5 Å². The van der Waals surface area contributed by atoms with Crippen molar-refractivity contribution in [3.63, 3.8) is 0 Å². The van der Waals surface area contributed by atoms with Crippen molar-refractivity contribution in [3.05, 3.63) is 65.7 Å². The summed E-state index contributed by atoms with van der Waals surface area (Å²) in [5.41, 5.74) is -0.0984. The maximum Gasteiger partial charge on any atom is 0.325 e. The molecule has 4 amide bonds. The van der Waals surface area contributed by atoms with E-state index >= 15 is 0 Å². The summed E-state index contributed by atoms with van der Waals surface area (Å²) in [6.45, 7) is 1.36. The average molecular weight is 356 g/mol. The molecule has 1 aromatic heterocycles. The molecular formula is C18H17FN4O3. The van der Waals surface area contributed by atoms with Gasteiger partial charge in [0.1, 0.15) is 17.9 Å². The number of rotatable bonds is 5. The van der Waals surface area contributed by atoms with Crippen LogP contribution in [0.1, 0.15) is 18.1 Å². The highest BCUT2D eigenvalue weighted by atomic mass is 19.1. The van der Waals surface area contributed by atoms with E-state index in [0.29, 0.717) is 5.56 Å². The minimum Gasteiger partial charge on any atom is -0.350 e. The van der Waals surface area contributed by atoms with Gasteiger partial charge in [0.2, 0.25) is 5.91 Å². The zero-order valence-corrected chi connectivity index (χ0v) is 14.0. The Morgan fingerprint density at radius 2 is 2.00 bits per heavy atom. The first-order valence-electron chi connectivity index (χ1n) is 7.96. The number of aromatic nitrogens is 1. The quantitative estimate of drug-likeness (QED) is 0.790. The van der Waals surface area contributed by atoms with Gasteiger partial charge in [0.15, 0.2) is 0 Å². The molecule has 3 rings (SSSR count). The Morgan fingerprint density at radius 3 is 2.65 bits per heavy atom. The van der Waals surface area contributed by atoms with Crippen molar-refractivity contribution in [2.24, 2.45) is 0 Å². The van der Waals surface area contributed by atoms with Crippen LogP contribution in [0, 0.1) is 5.82 Å². The van der Waals surface area contributed by atoms with Crippen LogP contribution in [-0.4, -0.2) is 34.3 Å². The van der Waals surface area contributed by atoms with Crippen molar-refractivity contribution in [3.8, 4) is 0 Å². The van der Waals surface area contributed by atoms with Gasteiger partial charge in [-0.05, 0) is 36.2 Å². The summed E-state index contributed by atoms with van der Waals surface area (Å²) in [5, 5.41) is 5.21. The van der Waals surface area contributed by atoms with Crippen LogP contribution in [0.4, 0.5) is 9.18 Å². The number of carbonyl (C=O) groups excluding carboxylic acids is 3. The molecule has 2 N–H and O–H groups in total. The van der Waals surface area contributed by atoms with E-state index in [-0.39, 0.29) is 6.54 Å². The van der Waals surface area contributed by atoms with Crippen molar-refractivity contribution in [2.45, 2.75) is 19.0 Å². The zero-order valence-electron chi connectivity index (χ0n) is 14.0. The van der Waals surface area contributed by atoms with Gasteiger partial charge in [-0.1, -0.05) is 18.2 Å². The minimum atomic E-state index is -1.34. The topological polar surface area (TPSA) is 91.4 Å². The third kappa shape index (κ3) is 3.39. The molecule has 0 aliphatic carbocycles. The number of benzene rings is 1. The summed E-state index contributed by atoms with van der Waals surface area (Å²) < 4.78 is 13.1. The lowest BCUT2D eigenvalue weighted by atomic mass is 9.92. The number of imide groups is 1. The predicted molar refractivity (Wildman–Crippen MR) is 90.1 cm³/mol. The molecule has 8 heteroatoms. The smallest absolute Gasteiger partial charge is 0.325 e. The largest absolute Gasteiger partial charge is 0.350 e. The normalized spacial score (nSPS) is 19.4. The van der Waals surface area contributed by atoms with E-state index in [1.54, 1.807) is 24.5 Å². The fraction of sp³-hybridized carbons (Fsp3) is 0.222. The van der Waals surface area contributed by atoms with Crippen LogP contribution in [0.3, 0.4) is 0 Å². The van der Waals surface area contributed by atoms with Crippen molar-refractivity contribution >= 4 is 17.8 Å². The van der Waals surface area contributed by atoms with E-state index < -0.39 is 35.7 Å². The van der Waals surface area contributed by atoms with Gasteiger partial charge in [-0.2, -0.15) is 0 Å². The fourth-order valence-corrected chi connectivity index (χ4v) is 2.72. The Kier molecular flexibility index (Phi) is 4.66. The van der Waals surface area contributed by atoms with Crippen LogP contribution < -0.4 is 10.6 Å². The number of hydrogen-bond donors (Lipinski definition) is 2. The Bertz CT molecular complexity index is 841. The van der Waals surface area contributed by atoms with E-state index in [4.69, 9.17) is 0 Å². The first kappa shape index (κ1) is 17.5. The molecule has 7 nitrogen and oxygen atoms in total. The third-order valence-corrected chi connectivity index (χ3v) is 4.21. The number of nitrogens with zero attached hydrogens (tertiary/aromatic N) is 2. The Morgan fingerprint density at radius 1 is 1.27 bits per heavy atom. The maximum atomic E-state index is 13.1. The summed E-state index contributed by atoms with van der Waals surface area (Å²) in [7, 11) is 0. The van der Waals surface area contributed by atoms with Gasteiger partial charge in [-0.25, -0.2) is 9.18 Å². The predicted octanol–water partition coefficient (Wildman–Crippen LogP) is 1.30. The summed E-state index contributed by atoms with van der Waals surface area (Å²) in [4.78, 5) is 41.8. The Labute approximate surface area is 149 Å². The molecule has 0 radical (unpaired) electrons. The molecule has 1 fully saturated rings. The molecule has 1 aromatic carbocycles. The van der Waals surface area contributed by atoms with Crippen LogP contribution in [0.5, 0.6) is 0 Å². The number of halogens is 1. The first-order valence-corrected chi connectivity index (χ1v) is 7.96. The second-order valence-electron chi connectivity index (χ2n) is 6.09. The van der Waals surface area contributed by atoms with Gasteiger partial charge in [0, 0.05) is 18.9 Å². The monoisotopic (exact) mass is 356 g/mol. The molecule has 0 unspecified atom stereocenters. The molecule has 1 atom stereocenters. The summed E-state index contributed by atoms with van der Waals surface area (Å²) in [6.07, 6.45) is 3.23. The standard InChI is InChI=1S/C18H17FN4O3/c1-18(13-4-6-14(19)7-5-13)16(25)23(17(26)22-18)11-15(24)21-10-12-3-2-8-20-9-12/h2-9H,10-11H2,1H3,(H,21,24)(H,22,26)/t18-/m1/s1. The SMILES string of the molecule is C[C@]1(c2ccc(F)cc2)NC(=O)N(CC(=O)NCc2cccnc2)C1=O. The van der Waals surface area contributed by atoms with E-state index in [1.807, 2.05) is 0 Å². The Balaban J connectivity index is 1.67. The van der Waals surface area contributed by atoms with Crippen LogP contribution in [0.15, 0.2) is 48.8 Å². The van der Waals surface area contributed by atoms with E-state index in [1.165, 1.54) is 31.2 Å². The van der Waals surface area contributed by atoms with Crippen molar-refractivity contribution in [2.75, 3.05) is 6.54 Å². The maximum absolute atomic E-state index is 13.1. The number of pyridine rings is 1. The molecule has 1 aliphatic rings. The van der Waals surface area contributed by atoms with E-state index in [0.717, 1.165) is 10.5 Å². The number of hydrogen-bond acceptors (Lipinski definition) is 4. The molecule has 26 heavy (non-hydrogen) atoms. The van der Waals surface area contributed by atoms with Crippen LogP contribution >= 0.6 is 0 Å². The van der Waals surface area contributed by atoms with E-state index in [9.17, 15) is 18.8 Å². The summed E-state index contributed by atoms with van der Waals surface area (Å²) in [6, 6.07) is 8.16. The van der Waals surface area contributed by atoms with Gasteiger partial charge in [-0.15, -0.1) is 0 Å². The molecule has 0 spiro atoms. The van der Waals surface area contributed by atoms with Crippen LogP contribution in [-0.2, 0) is 21.7 Å².